The smallest absolute Gasteiger partial charge is 0.0229 e. The van der Waals surface area contributed by atoms with Crippen molar-refractivity contribution in [2.45, 2.75) is 33.1 Å². The van der Waals surface area contributed by atoms with Crippen LogP contribution >= 0.6 is 21.6 Å². The van der Waals surface area contributed by atoms with E-state index >= 15 is 0 Å². The van der Waals surface area contributed by atoms with Crippen molar-refractivity contribution < 1.29 is 0 Å². The van der Waals surface area contributed by atoms with Gasteiger partial charge in [-0.15, -0.1) is 0 Å². The van der Waals surface area contributed by atoms with Crippen LogP contribution in [0.5, 0.6) is 0 Å². The van der Waals surface area contributed by atoms with Crippen molar-refractivity contribution in [3.05, 3.63) is 35.3 Å². The van der Waals surface area contributed by atoms with E-state index in [1.54, 1.807) is 5.57 Å². The van der Waals surface area contributed by atoms with E-state index in [-0.39, 0.29) is 0 Å². The first-order chi connectivity index (χ1) is 7.20. The molecule has 0 radical (unpaired) electrons. The van der Waals surface area contributed by atoms with Crippen LogP contribution in [0, 0.1) is 5.92 Å². The Morgan fingerprint density at radius 2 is 2.33 bits per heavy atom. The molecule has 2 rings (SSSR count). The summed E-state index contributed by atoms with van der Waals surface area (Å²) >= 11 is 0. The molecule has 15 heavy (non-hydrogen) atoms. The highest BCUT2D eigenvalue weighted by molar-refractivity contribution is 8.78. The minimum absolute atomic E-state index is 0.767. The quantitative estimate of drug-likeness (QED) is 0.456. The number of hydrogen-bond donors (Lipinski definition) is 0. The summed E-state index contributed by atoms with van der Waals surface area (Å²) in [4.78, 5) is 0. The maximum Gasteiger partial charge on any atom is 0.0229 e. The van der Waals surface area contributed by atoms with Crippen LogP contribution in [0.1, 0.15) is 33.1 Å². The van der Waals surface area contributed by atoms with Crippen molar-refractivity contribution >= 4 is 21.6 Å². The highest BCUT2D eigenvalue weighted by atomic mass is 33.1. The molecule has 0 aromatic heterocycles. The fraction of sp³-hybridized carbons (Fsp3) is 0.538. The molecule has 0 amide bonds. The fourth-order valence-electron chi connectivity index (χ4n) is 1.61. The molecule has 0 N–H and O–H groups in total. The van der Waals surface area contributed by atoms with Crippen LogP contribution in [0.25, 0.3) is 0 Å². The van der Waals surface area contributed by atoms with Gasteiger partial charge in [-0.1, -0.05) is 51.5 Å². The molecule has 0 saturated heterocycles. The van der Waals surface area contributed by atoms with Crippen LogP contribution in [0.15, 0.2) is 35.3 Å². The van der Waals surface area contributed by atoms with Gasteiger partial charge in [-0.25, -0.2) is 0 Å². The molecule has 0 bridgehead atoms. The van der Waals surface area contributed by atoms with Crippen molar-refractivity contribution in [1.29, 1.82) is 0 Å². The maximum absolute atomic E-state index is 3.97. The van der Waals surface area contributed by atoms with Crippen LogP contribution in [0.2, 0.25) is 0 Å². The second kappa shape index (κ2) is 7.24. The molecular formula is C13H20S2. The lowest BCUT2D eigenvalue weighted by Crippen LogP contribution is -2.04. The van der Waals surface area contributed by atoms with Gasteiger partial charge in [0.05, 0.1) is 0 Å². The molecule has 0 nitrogen and oxygen atoms in total. The molecule has 2 heteroatoms. The molecule has 0 saturated carbocycles. The molecule has 1 aliphatic carbocycles. The number of rotatable bonds is 1. The van der Waals surface area contributed by atoms with Gasteiger partial charge < -0.3 is 0 Å². The van der Waals surface area contributed by atoms with Gasteiger partial charge in [0.25, 0.3) is 0 Å². The van der Waals surface area contributed by atoms with E-state index in [9.17, 15) is 0 Å². The molecule has 1 atom stereocenters. The standard InChI is InChI=1S/C10H16.C3H4S2/c1-8(2)10-6-4-9(3)5-7-10;1-2-4-5-3-1/h4,10H,1,5-7H2,2-3H3;1-2H,3H2/t10-;/m0./s1. The first-order valence-corrected chi connectivity index (χ1v) is 7.82. The molecule has 84 valence electrons. The third-order valence-electron chi connectivity index (χ3n) is 2.72. The summed E-state index contributed by atoms with van der Waals surface area (Å²) in [5.74, 6) is 1.97. The molecule has 0 spiro atoms. The maximum atomic E-state index is 3.97. The lowest BCUT2D eigenvalue weighted by atomic mass is 9.86. The average molecular weight is 240 g/mol. The minimum Gasteiger partial charge on any atom is -0.0998 e. The Morgan fingerprint density at radius 3 is 2.67 bits per heavy atom. The topological polar surface area (TPSA) is 0 Å². The highest BCUT2D eigenvalue weighted by Gasteiger charge is 2.11. The summed E-state index contributed by atoms with van der Waals surface area (Å²) in [5, 5.41) is 2.12. The van der Waals surface area contributed by atoms with E-state index in [1.165, 1.54) is 30.6 Å². The summed E-state index contributed by atoms with van der Waals surface area (Å²) in [6, 6.07) is 0. The fourth-order valence-corrected chi connectivity index (χ4v) is 3.18. The molecule has 0 aromatic rings. The summed E-state index contributed by atoms with van der Waals surface area (Å²) < 4.78 is 0. The number of allylic oxidation sites excluding steroid dienone is 3. The minimum atomic E-state index is 0.767. The third-order valence-corrected chi connectivity index (χ3v) is 4.64. The molecule has 0 fully saturated rings. The zero-order valence-electron chi connectivity index (χ0n) is 9.66. The van der Waals surface area contributed by atoms with Gasteiger partial charge in [0.1, 0.15) is 0 Å². The van der Waals surface area contributed by atoms with Crippen LogP contribution in [0.4, 0.5) is 0 Å². The van der Waals surface area contributed by atoms with E-state index in [0.29, 0.717) is 0 Å². The van der Waals surface area contributed by atoms with Gasteiger partial charge in [0.15, 0.2) is 0 Å². The van der Waals surface area contributed by atoms with Crippen LogP contribution in [-0.4, -0.2) is 5.75 Å². The zero-order chi connectivity index (χ0) is 11.1. The second-order valence-electron chi connectivity index (χ2n) is 4.12. The summed E-state index contributed by atoms with van der Waals surface area (Å²) in [6.45, 7) is 8.33. The van der Waals surface area contributed by atoms with Crippen molar-refractivity contribution in [2.75, 3.05) is 5.75 Å². The first kappa shape index (κ1) is 13.0. The average Bonchev–Trinajstić information content (AvgIpc) is 2.76. The predicted molar refractivity (Wildman–Crippen MR) is 75.1 cm³/mol. The van der Waals surface area contributed by atoms with E-state index in [2.05, 4.69) is 38.0 Å². The lowest BCUT2D eigenvalue weighted by Gasteiger charge is -2.19. The molecule has 0 aromatic carbocycles. The van der Waals surface area contributed by atoms with E-state index < -0.39 is 0 Å². The largest absolute Gasteiger partial charge is 0.0998 e. The van der Waals surface area contributed by atoms with Gasteiger partial charge in [0, 0.05) is 5.75 Å². The Bertz CT molecular complexity index is 258. The van der Waals surface area contributed by atoms with Crippen molar-refractivity contribution in [1.82, 2.24) is 0 Å². The SMILES string of the molecule is C1=CSSC1.C=C(C)[C@H]1CC=C(C)CC1. The Balaban J connectivity index is 0.000000187. The summed E-state index contributed by atoms with van der Waals surface area (Å²) in [7, 11) is 3.69. The van der Waals surface area contributed by atoms with E-state index in [4.69, 9.17) is 0 Å². The molecule has 1 aliphatic heterocycles. The predicted octanol–water partition coefficient (Wildman–Crippen LogP) is 5.20. The van der Waals surface area contributed by atoms with Crippen molar-refractivity contribution in [2.24, 2.45) is 5.92 Å². The molecule has 2 aliphatic rings. The lowest BCUT2D eigenvalue weighted by molar-refractivity contribution is 0.540. The van der Waals surface area contributed by atoms with E-state index in [0.717, 1.165) is 5.92 Å². The zero-order valence-corrected chi connectivity index (χ0v) is 11.3. The van der Waals surface area contributed by atoms with Crippen LogP contribution < -0.4 is 0 Å². The Labute approximate surface area is 102 Å². The number of hydrogen-bond acceptors (Lipinski definition) is 2. The normalized spacial score (nSPS) is 24.1. The van der Waals surface area contributed by atoms with Crippen LogP contribution in [0.3, 0.4) is 0 Å². The van der Waals surface area contributed by atoms with Crippen molar-refractivity contribution in [3.8, 4) is 0 Å². The summed E-state index contributed by atoms with van der Waals surface area (Å²) in [5.41, 5.74) is 2.90. The van der Waals surface area contributed by atoms with Gasteiger partial charge >= 0.3 is 0 Å². The van der Waals surface area contributed by atoms with Crippen molar-refractivity contribution in [3.63, 3.8) is 0 Å². The van der Waals surface area contributed by atoms with Gasteiger partial charge in [-0.05, 0) is 44.4 Å². The monoisotopic (exact) mass is 240 g/mol. The van der Waals surface area contributed by atoms with E-state index in [1.807, 2.05) is 21.6 Å². The third kappa shape index (κ3) is 5.53. The molecule has 1 heterocycles. The molecule has 0 unspecified atom stereocenters. The second-order valence-corrected chi connectivity index (χ2v) is 6.44. The van der Waals surface area contributed by atoms with Gasteiger partial charge in [-0.3, -0.25) is 0 Å². The van der Waals surface area contributed by atoms with Gasteiger partial charge in [-0.2, -0.15) is 0 Å². The van der Waals surface area contributed by atoms with Crippen LogP contribution in [-0.2, 0) is 0 Å². The Hall–Kier alpha value is -0.0800. The Kier molecular flexibility index (Phi) is 6.26. The van der Waals surface area contributed by atoms with Gasteiger partial charge in [0.2, 0.25) is 0 Å². The highest BCUT2D eigenvalue weighted by Crippen LogP contribution is 2.28. The molecular weight excluding hydrogens is 220 g/mol. The first-order valence-electron chi connectivity index (χ1n) is 5.44. The Morgan fingerprint density at radius 1 is 1.53 bits per heavy atom. The summed E-state index contributed by atoms with van der Waals surface area (Å²) in [6.07, 6.45) is 8.33.